The van der Waals surface area contributed by atoms with Gasteiger partial charge in [-0.3, -0.25) is 4.79 Å². The Labute approximate surface area is 151 Å². The van der Waals surface area contributed by atoms with E-state index in [1.807, 2.05) is 6.92 Å². The molecule has 0 saturated carbocycles. The summed E-state index contributed by atoms with van der Waals surface area (Å²) in [6, 6.07) is 3.84. The summed E-state index contributed by atoms with van der Waals surface area (Å²) in [5.41, 5.74) is -0.657. The number of carbonyl (C=O) groups is 1. The van der Waals surface area contributed by atoms with Gasteiger partial charge >= 0.3 is 6.18 Å². The first-order valence-corrected chi connectivity index (χ1v) is 10.2. The fraction of sp³-hybridized carbons (Fsp3) is 0.588. The Balaban J connectivity index is 1.88. The van der Waals surface area contributed by atoms with Gasteiger partial charge in [0, 0.05) is 24.7 Å². The van der Waals surface area contributed by atoms with Gasteiger partial charge in [0.05, 0.1) is 11.3 Å². The molecule has 1 aromatic rings. The Hall–Kier alpha value is -1.61. The highest BCUT2D eigenvalue weighted by atomic mass is 32.2. The van der Waals surface area contributed by atoms with Crippen molar-refractivity contribution in [3.63, 3.8) is 0 Å². The SMILES string of the molecule is CCCCS(=O)(=O)N1CCC(NC(=O)c2ccc(C(F)(F)F)cc2)CC1. The second-order valence-electron chi connectivity index (χ2n) is 6.39. The molecule has 1 N–H and O–H groups in total. The minimum Gasteiger partial charge on any atom is -0.349 e. The van der Waals surface area contributed by atoms with Gasteiger partial charge in [0.1, 0.15) is 0 Å². The molecule has 0 radical (unpaired) electrons. The fourth-order valence-corrected chi connectivity index (χ4v) is 4.49. The number of alkyl halides is 3. The monoisotopic (exact) mass is 392 g/mol. The third kappa shape index (κ3) is 5.44. The van der Waals surface area contributed by atoms with Gasteiger partial charge in [0.2, 0.25) is 10.0 Å². The number of unbranched alkanes of at least 4 members (excludes halogenated alkanes) is 1. The maximum absolute atomic E-state index is 12.5. The third-order valence-electron chi connectivity index (χ3n) is 4.41. The van der Waals surface area contributed by atoms with Crippen molar-refractivity contribution in [2.45, 2.75) is 44.8 Å². The Morgan fingerprint density at radius 3 is 2.27 bits per heavy atom. The van der Waals surface area contributed by atoms with E-state index in [0.29, 0.717) is 32.4 Å². The van der Waals surface area contributed by atoms with Crippen LogP contribution in [0, 0.1) is 0 Å². The highest BCUT2D eigenvalue weighted by Crippen LogP contribution is 2.29. The Morgan fingerprint density at radius 1 is 1.19 bits per heavy atom. The van der Waals surface area contributed by atoms with Crippen LogP contribution in [0.25, 0.3) is 0 Å². The standard InChI is InChI=1S/C17H23F3N2O3S/c1-2-3-12-26(24,25)22-10-8-15(9-11-22)21-16(23)13-4-6-14(7-5-13)17(18,19)20/h4-7,15H,2-3,8-12H2,1H3,(H,21,23). The number of hydrogen-bond donors (Lipinski definition) is 1. The van der Waals surface area contributed by atoms with Crippen LogP contribution in [-0.4, -0.2) is 43.5 Å². The molecule has 0 bridgehead atoms. The molecule has 1 heterocycles. The van der Waals surface area contributed by atoms with Crippen molar-refractivity contribution < 1.29 is 26.4 Å². The van der Waals surface area contributed by atoms with Crippen LogP contribution in [0.1, 0.15) is 48.5 Å². The maximum atomic E-state index is 12.5. The van der Waals surface area contributed by atoms with E-state index in [2.05, 4.69) is 5.32 Å². The van der Waals surface area contributed by atoms with Gasteiger partial charge in [-0.05, 0) is 43.5 Å². The zero-order valence-corrected chi connectivity index (χ0v) is 15.4. The second kappa shape index (κ2) is 8.39. The molecule has 1 fully saturated rings. The molecule has 0 unspecified atom stereocenters. The molecular weight excluding hydrogens is 369 g/mol. The zero-order chi connectivity index (χ0) is 19.4. The number of piperidine rings is 1. The molecule has 1 aliphatic rings. The number of sulfonamides is 1. The van der Waals surface area contributed by atoms with Gasteiger partial charge in [0.25, 0.3) is 5.91 Å². The number of amides is 1. The van der Waals surface area contributed by atoms with Crippen LogP contribution in [0.15, 0.2) is 24.3 Å². The molecule has 1 aliphatic heterocycles. The number of hydrogen-bond acceptors (Lipinski definition) is 3. The topological polar surface area (TPSA) is 66.5 Å². The number of rotatable bonds is 6. The van der Waals surface area contributed by atoms with Crippen molar-refractivity contribution in [2.24, 2.45) is 0 Å². The first-order chi connectivity index (χ1) is 12.1. The van der Waals surface area contributed by atoms with Crippen molar-refractivity contribution >= 4 is 15.9 Å². The Kier molecular flexibility index (Phi) is 6.68. The highest BCUT2D eigenvalue weighted by Gasteiger charge is 2.31. The van der Waals surface area contributed by atoms with Crippen molar-refractivity contribution in [3.8, 4) is 0 Å². The molecule has 146 valence electrons. The van der Waals surface area contributed by atoms with Crippen LogP contribution in [-0.2, 0) is 16.2 Å². The van der Waals surface area contributed by atoms with Crippen LogP contribution in [0.3, 0.4) is 0 Å². The van der Waals surface area contributed by atoms with E-state index in [0.717, 1.165) is 30.7 Å². The molecule has 26 heavy (non-hydrogen) atoms. The lowest BCUT2D eigenvalue weighted by atomic mass is 10.1. The fourth-order valence-electron chi connectivity index (χ4n) is 2.81. The van der Waals surface area contributed by atoms with Gasteiger partial charge in [-0.15, -0.1) is 0 Å². The van der Waals surface area contributed by atoms with E-state index < -0.39 is 27.7 Å². The normalized spacial score (nSPS) is 17.2. The van der Waals surface area contributed by atoms with E-state index in [-0.39, 0.29) is 17.4 Å². The molecule has 5 nitrogen and oxygen atoms in total. The summed E-state index contributed by atoms with van der Waals surface area (Å²) in [5, 5.41) is 2.77. The van der Waals surface area contributed by atoms with E-state index in [1.54, 1.807) is 0 Å². The van der Waals surface area contributed by atoms with Gasteiger partial charge < -0.3 is 5.32 Å². The highest BCUT2D eigenvalue weighted by molar-refractivity contribution is 7.89. The second-order valence-corrected chi connectivity index (χ2v) is 8.48. The Morgan fingerprint density at radius 2 is 1.77 bits per heavy atom. The summed E-state index contributed by atoms with van der Waals surface area (Å²) in [6.45, 7) is 2.60. The van der Waals surface area contributed by atoms with E-state index >= 15 is 0 Å². The molecule has 2 rings (SSSR count). The number of nitrogens with zero attached hydrogens (tertiary/aromatic N) is 1. The van der Waals surface area contributed by atoms with Crippen molar-refractivity contribution in [3.05, 3.63) is 35.4 Å². The summed E-state index contributed by atoms with van der Waals surface area (Å²) in [4.78, 5) is 12.2. The lowest BCUT2D eigenvalue weighted by Gasteiger charge is -2.31. The first-order valence-electron chi connectivity index (χ1n) is 8.59. The van der Waals surface area contributed by atoms with Crippen LogP contribution < -0.4 is 5.32 Å². The van der Waals surface area contributed by atoms with E-state index in [9.17, 15) is 26.4 Å². The molecule has 0 spiro atoms. The van der Waals surface area contributed by atoms with Gasteiger partial charge in [-0.1, -0.05) is 13.3 Å². The van der Waals surface area contributed by atoms with Crippen LogP contribution in [0.4, 0.5) is 13.2 Å². The Bertz CT molecular complexity index is 710. The molecule has 9 heteroatoms. The van der Waals surface area contributed by atoms with Crippen molar-refractivity contribution in [1.29, 1.82) is 0 Å². The maximum Gasteiger partial charge on any atom is 0.416 e. The van der Waals surface area contributed by atoms with Crippen molar-refractivity contribution in [2.75, 3.05) is 18.8 Å². The number of halogens is 3. The molecule has 0 aromatic heterocycles. The van der Waals surface area contributed by atoms with Gasteiger partial charge in [-0.2, -0.15) is 13.2 Å². The zero-order valence-electron chi connectivity index (χ0n) is 14.6. The van der Waals surface area contributed by atoms with Crippen LogP contribution in [0.2, 0.25) is 0 Å². The lowest BCUT2D eigenvalue weighted by Crippen LogP contribution is -2.47. The summed E-state index contributed by atoms with van der Waals surface area (Å²) in [6.07, 6.45) is -2.05. The number of nitrogens with one attached hydrogen (secondary N) is 1. The average Bonchev–Trinajstić information content (AvgIpc) is 2.60. The van der Waals surface area contributed by atoms with Crippen molar-refractivity contribution in [1.82, 2.24) is 9.62 Å². The molecular formula is C17H23F3N2O3S. The average molecular weight is 392 g/mol. The van der Waals surface area contributed by atoms with Crippen LogP contribution >= 0.6 is 0 Å². The summed E-state index contributed by atoms with van der Waals surface area (Å²) in [7, 11) is -3.25. The molecule has 0 atom stereocenters. The number of carbonyl (C=O) groups excluding carboxylic acids is 1. The quantitative estimate of drug-likeness (QED) is 0.809. The smallest absolute Gasteiger partial charge is 0.349 e. The summed E-state index contributed by atoms with van der Waals surface area (Å²) < 4.78 is 63.4. The van der Waals surface area contributed by atoms with E-state index in [1.165, 1.54) is 4.31 Å². The molecule has 1 amide bonds. The van der Waals surface area contributed by atoms with Gasteiger partial charge in [-0.25, -0.2) is 12.7 Å². The summed E-state index contributed by atoms with van der Waals surface area (Å²) >= 11 is 0. The largest absolute Gasteiger partial charge is 0.416 e. The minimum absolute atomic E-state index is 0.131. The van der Waals surface area contributed by atoms with Crippen LogP contribution in [0.5, 0.6) is 0 Å². The number of benzene rings is 1. The molecule has 1 aromatic carbocycles. The van der Waals surface area contributed by atoms with Gasteiger partial charge in [0.15, 0.2) is 0 Å². The lowest BCUT2D eigenvalue weighted by molar-refractivity contribution is -0.137. The molecule has 1 saturated heterocycles. The predicted octanol–water partition coefficient (Wildman–Crippen LogP) is 3.03. The van der Waals surface area contributed by atoms with E-state index in [4.69, 9.17) is 0 Å². The molecule has 0 aliphatic carbocycles. The first kappa shape index (κ1) is 20.7. The summed E-state index contributed by atoms with van der Waals surface area (Å²) in [5.74, 6) is -0.322. The third-order valence-corrected chi connectivity index (χ3v) is 6.37. The minimum atomic E-state index is -4.44. The predicted molar refractivity (Wildman–Crippen MR) is 92.2 cm³/mol.